The van der Waals surface area contributed by atoms with Crippen molar-refractivity contribution in [2.45, 2.75) is 25.6 Å². The van der Waals surface area contributed by atoms with Crippen LogP contribution in [-0.2, 0) is 12.6 Å². The molecule has 0 aliphatic rings. The normalized spacial score (nSPS) is 13.1. The molecule has 0 spiro atoms. The number of hydrogen-bond donors (Lipinski definition) is 1. The van der Waals surface area contributed by atoms with Gasteiger partial charge in [0.15, 0.2) is 0 Å². The quantitative estimate of drug-likeness (QED) is 0.901. The van der Waals surface area contributed by atoms with Crippen LogP contribution in [0.15, 0.2) is 48.7 Å². The van der Waals surface area contributed by atoms with Gasteiger partial charge in [0, 0.05) is 30.9 Å². The first-order chi connectivity index (χ1) is 9.97. The number of pyridine rings is 1. The van der Waals surface area contributed by atoms with Crippen LogP contribution in [0.2, 0.25) is 0 Å². The topological polar surface area (TPSA) is 24.9 Å². The number of rotatable bonds is 5. The number of nitrogens with zero attached hydrogens (tertiary/aromatic N) is 1. The van der Waals surface area contributed by atoms with Crippen LogP contribution < -0.4 is 5.32 Å². The van der Waals surface area contributed by atoms with Crippen LogP contribution in [0, 0.1) is 0 Å². The predicted octanol–water partition coefficient (Wildman–Crippen LogP) is 3.99. The van der Waals surface area contributed by atoms with E-state index in [0.29, 0.717) is 12.1 Å². The molecule has 0 saturated heterocycles. The van der Waals surface area contributed by atoms with E-state index >= 15 is 0 Å². The van der Waals surface area contributed by atoms with E-state index in [1.165, 1.54) is 12.1 Å². The number of aromatic nitrogens is 1. The summed E-state index contributed by atoms with van der Waals surface area (Å²) in [4.78, 5) is 4.21. The lowest BCUT2D eigenvalue weighted by Crippen LogP contribution is -2.22. The van der Waals surface area contributed by atoms with Gasteiger partial charge in [0.25, 0.3) is 0 Å². The lowest BCUT2D eigenvalue weighted by atomic mass is 10.0. The zero-order valence-electron chi connectivity index (χ0n) is 11.7. The van der Waals surface area contributed by atoms with Crippen molar-refractivity contribution in [3.8, 4) is 0 Å². The highest BCUT2D eigenvalue weighted by molar-refractivity contribution is 5.27. The van der Waals surface area contributed by atoms with Crippen molar-refractivity contribution in [3.63, 3.8) is 0 Å². The Morgan fingerprint density at radius 2 is 1.95 bits per heavy atom. The summed E-state index contributed by atoms with van der Waals surface area (Å²) in [6.45, 7) is 2.52. The molecule has 0 aliphatic heterocycles. The highest BCUT2D eigenvalue weighted by atomic mass is 19.4. The third-order valence-corrected chi connectivity index (χ3v) is 3.27. The van der Waals surface area contributed by atoms with Gasteiger partial charge in [0.1, 0.15) is 0 Å². The lowest BCUT2D eigenvalue weighted by Gasteiger charge is -2.16. The van der Waals surface area contributed by atoms with Crippen molar-refractivity contribution < 1.29 is 13.2 Å². The van der Waals surface area contributed by atoms with Crippen LogP contribution in [0.25, 0.3) is 0 Å². The fraction of sp³-hybridized carbons (Fsp3) is 0.312. The molecular formula is C16H17F3N2. The Hall–Kier alpha value is -1.88. The van der Waals surface area contributed by atoms with Gasteiger partial charge < -0.3 is 5.32 Å². The van der Waals surface area contributed by atoms with Gasteiger partial charge in [0.05, 0.1) is 5.56 Å². The van der Waals surface area contributed by atoms with Crippen LogP contribution in [0.1, 0.15) is 29.8 Å². The predicted molar refractivity (Wildman–Crippen MR) is 75.8 cm³/mol. The SMILES string of the molecule is CC(NCCc1ccccn1)c1cccc(C(F)(F)F)c1. The third-order valence-electron chi connectivity index (χ3n) is 3.27. The molecule has 0 amide bonds. The minimum atomic E-state index is -4.30. The number of alkyl halides is 3. The first kappa shape index (κ1) is 15.5. The Labute approximate surface area is 122 Å². The van der Waals surface area contributed by atoms with Gasteiger partial charge in [0.2, 0.25) is 0 Å². The van der Waals surface area contributed by atoms with Gasteiger partial charge in [-0.15, -0.1) is 0 Å². The van der Waals surface area contributed by atoms with Gasteiger partial charge in [-0.2, -0.15) is 13.2 Å². The van der Waals surface area contributed by atoms with E-state index in [9.17, 15) is 13.2 Å². The molecule has 1 atom stereocenters. The highest BCUT2D eigenvalue weighted by Crippen LogP contribution is 2.30. The first-order valence-electron chi connectivity index (χ1n) is 6.77. The molecule has 1 heterocycles. The number of halogens is 3. The molecular weight excluding hydrogens is 277 g/mol. The van der Waals surface area contributed by atoms with Gasteiger partial charge in [-0.3, -0.25) is 4.98 Å². The molecule has 1 N–H and O–H groups in total. The van der Waals surface area contributed by atoms with Gasteiger partial charge >= 0.3 is 6.18 Å². The maximum atomic E-state index is 12.7. The van der Waals surface area contributed by atoms with Crippen LogP contribution in [0.4, 0.5) is 13.2 Å². The minimum absolute atomic E-state index is 0.143. The second-order valence-corrected chi connectivity index (χ2v) is 4.87. The molecule has 2 rings (SSSR count). The molecule has 112 valence electrons. The summed E-state index contributed by atoms with van der Waals surface area (Å²) in [5.41, 5.74) is 0.977. The summed E-state index contributed by atoms with van der Waals surface area (Å²) in [5.74, 6) is 0. The van der Waals surface area contributed by atoms with E-state index in [0.717, 1.165) is 18.2 Å². The molecule has 0 bridgehead atoms. The largest absolute Gasteiger partial charge is 0.416 e. The summed E-state index contributed by atoms with van der Waals surface area (Å²) < 4.78 is 38.0. The lowest BCUT2D eigenvalue weighted by molar-refractivity contribution is -0.137. The zero-order chi connectivity index (χ0) is 15.3. The van der Waals surface area contributed by atoms with Crippen LogP contribution in [0.3, 0.4) is 0 Å². The molecule has 0 saturated carbocycles. The van der Waals surface area contributed by atoms with Crippen molar-refractivity contribution in [1.82, 2.24) is 10.3 Å². The second kappa shape index (κ2) is 6.72. The number of nitrogens with one attached hydrogen (secondary N) is 1. The molecule has 1 aromatic carbocycles. The second-order valence-electron chi connectivity index (χ2n) is 4.87. The van der Waals surface area contributed by atoms with Crippen LogP contribution in [0.5, 0.6) is 0 Å². The van der Waals surface area contributed by atoms with E-state index in [1.54, 1.807) is 12.3 Å². The zero-order valence-corrected chi connectivity index (χ0v) is 11.7. The molecule has 2 aromatic rings. The summed E-state index contributed by atoms with van der Waals surface area (Å²) in [5, 5.41) is 3.22. The van der Waals surface area contributed by atoms with Gasteiger partial charge in [-0.25, -0.2) is 0 Å². The van der Waals surface area contributed by atoms with Crippen LogP contribution in [-0.4, -0.2) is 11.5 Å². The Morgan fingerprint density at radius 3 is 2.62 bits per heavy atom. The molecule has 5 heteroatoms. The smallest absolute Gasteiger partial charge is 0.310 e. The summed E-state index contributed by atoms with van der Waals surface area (Å²) in [7, 11) is 0. The molecule has 2 nitrogen and oxygen atoms in total. The van der Waals surface area contributed by atoms with Crippen molar-refractivity contribution in [3.05, 3.63) is 65.5 Å². The van der Waals surface area contributed by atoms with Crippen LogP contribution >= 0.6 is 0 Å². The highest BCUT2D eigenvalue weighted by Gasteiger charge is 2.30. The fourth-order valence-corrected chi connectivity index (χ4v) is 2.06. The standard InChI is InChI=1S/C16H17F3N2/c1-12(20-10-8-15-7-2-3-9-21-15)13-5-4-6-14(11-13)16(17,18)19/h2-7,9,11-12,20H,8,10H2,1H3. The summed E-state index contributed by atoms with van der Waals surface area (Å²) in [6.07, 6.45) is -1.83. The molecule has 21 heavy (non-hydrogen) atoms. The van der Waals surface area contributed by atoms with E-state index in [1.807, 2.05) is 25.1 Å². The summed E-state index contributed by atoms with van der Waals surface area (Å²) >= 11 is 0. The fourth-order valence-electron chi connectivity index (χ4n) is 2.06. The average molecular weight is 294 g/mol. The van der Waals surface area contributed by atoms with Gasteiger partial charge in [-0.1, -0.05) is 18.2 Å². The van der Waals surface area contributed by atoms with E-state index < -0.39 is 11.7 Å². The average Bonchev–Trinajstić information content (AvgIpc) is 2.47. The minimum Gasteiger partial charge on any atom is -0.310 e. The molecule has 1 aromatic heterocycles. The maximum absolute atomic E-state index is 12.7. The Kier molecular flexibility index (Phi) is 4.96. The molecule has 1 unspecified atom stereocenters. The first-order valence-corrected chi connectivity index (χ1v) is 6.77. The van der Waals surface area contributed by atoms with E-state index in [2.05, 4.69) is 10.3 Å². The number of hydrogen-bond acceptors (Lipinski definition) is 2. The van der Waals surface area contributed by atoms with E-state index in [-0.39, 0.29) is 6.04 Å². The Morgan fingerprint density at radius 1 is 1.14 bits per heavy atom. The van der Waals surface area contributed by atoms with Crippen molar-refractivity contribution >= 4 is 0 Å². The van der Waals surface area contributed by atoms with Crippen molar-refractivity contribution in [2.75, 3.05) is 6.54 Å². The van der Waals surface area contributed by atoms with E-state index in [4.69, 9.17) is 0 Å². The van der Waals surface area contributed by atoms with Gasteiger partial charge in [-0.05, 0) is 36.8 Å². The maximum Gasteiger partial charge on any atom is 0.416 e. The van der Waals surface area contributed by atoms with Crippen molar-refractivity contribution in [2.24, 2.45) is 0 Å². The molecule has 0 fully saturated rings. The Balaban J connectivity index is 1.93. The Bertz CT molecular complexity index is 567. The molecule has 0 aliphatic carbocycles. The monoisotopic (exact) mass is 294 g/mol. The van der Waals surface area contributed by atoms with Crippen molar-refractivity contribution in [1.29, 1.82) is 0 Å². The third kappa shape index (κ3) is 4.56. The summed E-state index contributed by atoms with van der Waals surface area (Å²) in [6, 6.07) is 11.0. The molecule has 0 radical (unpaired) electrons. The number of benzene rings is 1.